The van der Waals surface area contributed by atoms with Crippen LogP contribution in [0.15, 0.2) is 47.5 Å². The molecular weight excluding hydrogens is 749 g/mol. The van der Waals surface area contributed by atoms with Gasteiger partial charge in [-0.1, -0.05) is 213 Å². The first-order valence-corrected chi connectivity index (χ1v) is 26.7. The third-order valence-electron chi connectivity index (χ3n) is 12.9. The van der Waals surface area contributed by atoms with Crippen LogP contribution in [0.25, 0.3) is 16.9 Å². The van der Waals surface area contributed by atoms with Crippen LogP contribution in [0, 0.1) is 23.7 Å². The molecular formula is C60H92N2. The van der Waals surface area contributed by atoms with E-state index in [1.165, 1.54) is 176 Å². The zero-order chi connectivity index (χ0) is 44.5. The molecule has 1 aliphatic heterocycles. The lowest BCUT2D eigenvalue weighted by molar-refractivity contribution is -0.345. The molecule has 0 atom stereocenters. The van der Waals surface area contributed by atoms with Gasteiger partial charge in [-0.3, -0.25) is 0 Å². The summed E-state index contributed by atoms with van der Waals surface area (Å²) in [7, 11) is 0. The molecule has 2 aromatic carbocycles. The molecule has 0 N–H and O–H groups in total. The van der Waals surface area contributed by atoms with Crippen molar-refractivity contribution in [2.24, 2.45) is 0 Å². The Hall–Kier alpha value is -3.36. The zero-order valence-electron chi connectivity index (χ0n) is 41.4. The van der Waals surface area contributed by atoms with Gasteiger partial charge in [0, 0.05) is 46.2 Å². The van der Waals surface area contributed by atoms with E-state index in [1.54, 1.807) is 4.70 Å². The zero-order valence-corrected chi connectivity index (χ0v) is 41.4. The fraction of sp³-hybridized carbons (Fsp3) is 0.667. The molecule has 62 heavy (non-hydrogen) atoms. The fourth-order valence-corrected chi connectivity index (χ4v) is 9.15. The largest absolute Gasteiger partial charge is 0.493 e. The molecule has 0 bridgehead atoms. The first kappa shape index (κ1) is 53.0. The first-order chi connectivity index (χ1) is 30.5. The normalized spacial score (nSPS) is 12.6. The Morgan fingerprint density at radius 1 is 0.355 bits per heavy atom. The van der Waals surface area contributed by atoms with Gasteiger partial charge in [0.2, 0.25) is 11.4 Å². The predicted molar refractivity (Wildman–Crippen MR) is 273 cm³/mol. The van der Waals surface area contributed by atoms with E-state index < -0.39 is 0 Å². The number of aryl methyl sites for hydroxylation is 2. The van der Waals surface area contributed by atoms with Crippen molar-refractivity contribution in [3.63, 3.8) is 0 Å². The number of allylic oxidation sites excluding steroid dienone is 2. The summed E-state index contributed by atoms with van der Waals surface area (Å²) in [5, 5.41) is 0. The number of nitrogens with zero attached hydrogens (tertiary/aromatic N) is 2. The van der Waals surface area contributed by atoms with Crippen LogP contribution in [-0.2, 0) is 12.8 Å². The molecule has 1 heterocycles. The van der Waals surface area contributed by atoms with Gasteiger partial charge in [0.1, 0.15) is 0 Å². The summed E-state index contributed by atoms with van der Waals surface area (Å²) in [5.74, 6) is 14.3. The molecule has 0 radical (unpaired) electrons. The van der Waals surface area contributed by atoms with Crippen LogP contribution in [0.4, 0.5) is 0 Å². The van der Waals surface area contributed by atoms with E-state index in [0.717, 1.165) is 98.7 Å². The number of unbranched alkanes of at least 4 members (excludes halogenated alkanes) is 24. The number of hydrogen-bond acceptors (Lipinski definition) is 0. The van der Waals surface area contributed by atoms with E-state index in [4.69, 9.17) is 0 Å². The van der Waals surface area contributed by atoms with Gasteiger partial charge in [-0.2, -0.15) is 0 Å². The molecule has 2 nitrogen and oxygen atoms in total. The Labute approximate surface area is 384 Å². The number of benzene rings is 2. The van der Waals surface area contributed by atoms with Gasteiger partial charge >= 0.3 is 0 Å². The lowest BCUT2D eigenvalue weighted by Gasteiger charge is -2.14. The molecule has 0 amide bonds. The summed E-state index contributed by atoms with van der Waals surface area (Å²) >= 11 is 0. The Bertz CT molecular complexity index is 1660. The van der Waals surface area contributed by atoms with Crippen LogP contribution in [-0.4, -0.2) is 4.70 Å². The summed E-state index contributed by atoms with van der Waals surface area (Å²) in [6.45, 7) is 13.8. The number of rotatable bonds is 34. The van der Waals surface area contributed by atoms with Gasteiger partial charge in [-0.15, -0.1) is 0 Å². The SMILES string of the molecule is CCCCCCCCC#Cc1cc(C#CCCCCCCCC)cc(C2=C(CCCC)C(CCCCCCCC)=C(c3cc(CCCCCC)cc(CCCCCC)c3)[N+]2=[N-])c1. The summed E-state index contributed by atoms with van der Waals surface area (Å²) in [4.78, 5) is 0. The molecule has 2 aromatic rings. The van der Waals surface area contributed by atoms with Gasteiger partial charge in [0.25, 0.3) is 0 Å². The monoisotopic (exact) mass is 841 g/mol. The molecule has 0 fully saturated rings. The van der Waals surface area contributed by atoms with Crippen LogP contribution in [0.2, 0.25) is 0 Å². The Kier molecular flexibility index (Phi) is 29.1. The molecule has 0 aliphatic carbocycles. The third-order valence-corrected chi connectivity index (χ3v) is 12.9. The summed E-state index contributed by atoms with van der Waals surface area (Å²) < 4.78 is 1.63. The summed E-state index contributed by atoms with van der Waals surface area (Å²) in [6.07, 6.45) is 41.3. The predicted octanol–water partition coefficient (Wildman–Crippen LogP) is 19.2. The highest BCUT2D eigenvalue weighted by atomic mass is 15.2. The maximum Gasteiger partial charge on any atom is 0.211 e. The maximum atomic E-state index is 12.8. The van der Waals surface area contributed by atoms with Gasteiger partial charge < -0.3 is 5.53 Å². The molecule has 342 valence electrons. The minimum Gasteiger partial charge on any atom is -0.493 e. The van der Waals surface area contributed by atoms with E-state index in [1.807, 2.05) is 0 Å². The van der Waals surface area contributed by atoms with Crippen LogP contribution >= 0.6 is 0 Å². The summed E-state index contributed by atoms with van der Waals surface area (Å²) in [6, 6.07) is 14.1. The van der Waals surface area contributed by atoms with Crippen LogP contribution < -0.4 is 0 Å². The highest BCUT2D eigenvalue weighted by Crippen LogP contribution is 2.45. The molecule has 3 rings (SSSR count). The maximum absolute atomic E-state index is 12.8. The van der Waals surface area contributed by atoms with Gasteiger partial charge in [-0.25, -0.2) is 4.70 Å². The fourth-order valence-electron chi connectivity index (χ4n) is 9.15. The standard InChI is InChI=1S/C60H92N2/c1-7-13-19-24-27-29-31-36-41-53-46-54(42-37-32-30-28-25-20-14-8-2)50-55(49-53)59-57(43-18-12-6)58(44-38-33-26-21-15-9-3)60(62(59)61)56-47-51(39-34-22-16-10-4)45-52(48-56)40-35-23-17-11-5/h45-50H,7-35,38-40,43-44H2,1-6H3. The Balaban J connectivity index is 2.14. The molecule has 0 saturated heterocycles. The molecule has 0 aromatic heterocycles. The van der Waals surface area contributed by atoms with E-state index >= 15 is 0 Å². The Morgan fingerprint density at radius 3 is 1.13 bits per heavy atom. The minimum atomic E-state index is 0.926. The van der Waals surface area contributed by atoms with E-state index in [2.05, 4.69) is 102 Å². The van der Waals surface area contributed by atoms with Crippen LogP contribution in [0.5, 0.6) is 0 Å². The van der Waals surface area contributed by atoms with E-state index in [-0.39, 0.29) is 0 Å². The van der Waals surface area contributed by atoms with E-state index in [0.29, 0.717) is 0 Å². The van der Waals surface area contributed by atoms with Crippen molar-refractivity contribution in [3.05, 3.63) is 86.5 Å². The summed E-state index contributed by atoms with van der Waals surface area (Å²) in [5.41, 5.74) is 24.7. The quantitative estimate of drug-likeness (QED) is 0.0381. The second kappa shape index (κ2) is 34.1. The van der Waals surface area contributed by atoms with Gasteiger partial charge in [-0.05, 0) is 106 Å². The topological polar surface area (TPSA) is 25.3 Å². The van der Waals surface area contributed by atoms with Crippen molar-refractivity contribution in [1.29, 1.82) is 0 Å². The Morgan fingerprint density at radius 2 is 0.694 bits per heavy atom. The van der Waals surface area contributed by atoms with Gasteiger partial charge in [0.05, 0.1) is 0 Å². The van der Waals surface area contributed by atoms with Crippen molar-refractivity contribution < 1.29 is 4.70 Å². The third kappa shape index (κ3) is 20.4. The van der Waals surface area contributed by atoms with Crippen molar-refractivity contribution in [1.82, 2.24) is 0 Å². The minimum absolute atomic E-state index is 0.926. The van der Waals surface area contributed by atoms with Crippen LogP contribution in [0.3, 0.4) is 0 Å². The molecule has 2 heteroatoms. The second-order valence-corrected chi connectivity index (χ2v) is 18.7. The van der Waals surface area contributed by atoms with Crippen LogP contribution in [0.1, 0.15) is 280 Å². The van der Waals surface area contributed by atoms with Crippen molar-refractivity contribution in [2.45, 2.75) is 260 Å². The smallest absolute Gasteiger partial charge is 0.211 e. The van der Waals surface area contributed by atoms with Crippen molar-refractivity contribution in [3.8, 4) is 23.7 Å². The second-order valence-electron chi connectivity index (χ2n) is 18.7. The molecule has 1 aliphatic rings. The van der Waals surface area contributed by atoms with Crippen molar-refractivity contribution in [2.75, 3.05) is 0 Å². The average molecular weight is 841 g/mol. The number of hydrogen-bond donors (Lipinski definition) is 0. The molecule has 0 spiro atoms. The highest BCUT2D eigenvalue weighted by molar-refractivity contribution is 5.83. The van der Waals surface area contributed by atoms with Crippen molar-refractivity contribution >= 4 is 11.4 Å². The molecule has 0 saturated carbocycles. The van der Waals surface area contributed by atoms with Gasteiger partial charge in [0.15, 0.2) is 0 Å². The highest BCUT2D eigenvalue weighted by Gasteiger charge is 2.35. The average Bonchev–Trinajstić information content (AvgIpc) is 3.56. The van der Waals surface area contributed by atoms with E-state index in [9.17, 15) is 5.53 Å². The molecule has 0 unspecified atom stereocenters. The lowest BCUT2D eigenvalue weighted by Crippen LogP contribution is -2.05. The first-order valence-electron chi connectivity index (χ1n) is 26.7. The lowest BCUT2D eigenvalue weighted by atomic mass is 9.90.